The number of carbonyl (C=O) groups excluding carboxylic acids is 2. The Balaban J connectivity index is 1.25. The smallest absolute Gasteiger partial charge is 0.407 e. The highest BCUT2D eigenvalue weighted by Crippen LogP contribution is 2.34. The summed E-state index contributed by atoms with van der Waals surface area (Å²) in [6, 6.07) is 13.0. The van der Waals surface area contributed by atoms with E-state index in [0.29, 0.717) is 13.1 Å². The maximum Gasteiger partial charge on any atom is 0.407 e. The van der Waals surface area contributed by atoms with Gasteiger partial charge in [-0.3, -0.25) is 9.59 Å². The van der Waals surface area contributed by atoms with E-state index in [1.165, 1.54) is 11.0 Å². The molecule has 2 aromatic rings. The van der Waals surface area contributed by atoms with E-state index in [1.54, 1.807) is 30.9 Å². The van der Waals surface area contributed by atoms with Crippen LogP contribution in [0.25, 0.3) is 0 Å². The van der Waals surface area contributed by atoms with Crippen LogP contribution in [0, 0.1) is 11.7 Å². The van der Waals surface area contributed by atoms with E-state index in [-0.39, 0.29) is 55.7 Å². The summed E-state index contributed by atoms with van der Waals surface area (Å²) in [7, 11) is 0. The van der Waals surface area contributed by atoms with Gasteiger partial charge >= 0.3 is 6.09 Å². The van der Waals surface area contributed by atoms with Crippen LogP contribution >= 0.6 is 15.9 Å². The zero-order valence-electron chi connectivity index (χ0n) is 24.1. The minimum atomic E-state index is -1.36. The predicted molar refractivity (Wildman–Crippen MR) is 160 cm³/mol. The van der Waals surface area contributed by atoms with E-state index >= 15 is 0 Å². The van der Waals surface area contributed by atoms with Crippen LogP contribution in [-0.2, 0) is 16.1 Å². The number of carboxylic acid groups (broad SMARTS) is 1. The van der Waals surface area contributed by atoms with Crippen LogP contribution in [0.15, 0.2) is 46.9 Å². The lowest BCUT2D eigenvalue weighted by atomic mass is 9.95. The maximum atomic E-state index is 14.9. The van der Waals surface area contributed by atoms with Crippen LogP contribution < -0.4 is 9.64 Å². The number of piperidine rings is 1. The highest BCUT2D eigenvalue weighted by atomic mass is 79.9. The van der Waals surface area contributed by atoms with Gasteiger partial charge in [0.2, 0.25) is 5.91 Å². The van der Waals surface area contributed by atoms with Crippen molar-refractivity contribution in [3.05, 3.63) is 58.3 Å². The van der Waals surface area contributed by atoms with Crippen LogP contribution in [0.5, 0.6) is 5.75 Å². The molecule has 9 nitrogen and oxygen atoms in total. The summed E-state index contributed by atoms with van der Waals surface area (Å²) >= 11 is 3.47. The fourth-order valence-corrected chi connectivity index (χ4v) is 6.04. The van der Waals surface area contributed by atoms with Crippen molar-refractivity contribution in [1.29, 1.82) is 0 Å². The molecule has 1 saturated carbocycles. The van der Waals surface area contributed by atoms with Crippen LogP contribution in [0.1, 0.15) is 45.1 Å². The lowest BCUT2D eigenvalue weighted by molar-refractivity contribution is -0.147. The zero-order valence-corrected chi connectivity index (χ0v) is 25.7. The van der Waals surface area contributed by atoms with Gasteiger partial charge in [0.15, 0.2) is 17.2 Å². The molecule has 1 atom stereocenters. The van der Waals surface area contributed by atoms with E-state index in [1.807, 2.05) is 29.2 Å². The lowest BCUT2D eigenvalue weighted by Crippen LogP contribution is -2.56. The van der Waals surface area contributed by atoms with Gasteiger partial charge in [-0.1, -0.05) is 28.1 Å². The Morgan fingerprint density at radius 2 is 1.67 bits per heavy atom. The Morgan fingerprint density at radius 1 is 1.00 bits per heavy atom. The molecule has 2 saturated heterocycles. The molecule has 2 heterocycles. The van der Waals surface area contributed by atoms with Gasteiger partial charge in [-0.05, 0) is 69.4 Å². The topological polar surface area (TPSA) is 93.6 Å². The highest BCUT2D eigenvalue weighted by molar-refractivity contribution is 9.10. The van der Waals surface area contributed by atoms with Gasteiger partial charge in [0.1, 0.15) is 0 Å². The largest absolute Gasteiger partial charge is 0.475 e. The van der Waals surface area contributed by atoms with Gasteiger partial charge in [0, 0.05) is 68.1 Å². The summed E-state index contributed by atoms with van der Waals surface area (Å²) in [5.41, 5.74) is 0.490. The summed E-state index contributed by atoms with van der Waals surface area (Å²) in [6.07, 6.45) is 2.69. The molecule has 5 rings (SSSR count). The van der Waals surface area contributed by atoms with Crippen LogP contribution in [0.3, 0.4) is 0 Å². The molecule has 2 aliphatic heterocycles. The molecule has 226 valence electrons. The number of carbonyl (C=O) groups is 3. The molecule has 3 fully saturated rings. The Morgan fingerprint density at radius 3 is 2.31 bits per heavy atom. The summed E-state index contributed by atoms with van der Waals surface area (Å²) in [6.45, 7) is 6.00. The summed E-state index contributed by atoms with van der Waals surface area (Å²) in [4.78, 5) is 45.2. The first-order valence-corrected chi connectivity index (χ1v) is 15.4. The van der Waals surface area contributed by atoms with Crippen molar-refractivity contribution in [2.45, 2.75) is 57.7 Å². The van der Waals surface area contributed by atoms with Crippen LogP contribution in [0.2, 0.25) is 0 Å². The highest BCUT2D eigenvalue weighted by Gasteiger charge is 2.39. The number of ether oxygens (including phenoxy) is 1. The van der Waals surface area contributed by atoms with Crippen molar-refractivity contribution in [3.8, 4) is 5.75 Å². The first-order valence-electron chi connectivity index (χ1n) is 14.6. The molecule has 2 aromatic carbocycles. The van der Waals surface area contributed by atoms with E-state index < -0.39 is 17.5 Å². The predicted octanol–water partition coefficient (Wildman–Crippen LogP) is 4.98. The second-order valence-corrected chi connectivity index (χ2v) is 12.8. The second-order valence-electron chi connectivity index (χ2n) is 11.9. The van der Waals surface area contributed by atoms with E-state index in [0.717, 1.165) is 48.0 Å². The molecule has 1 aliphatic carbocycles. The molecule has 11 heteroatoms. The molecule has 0 bridgehead atoms. The number of rotatable bonds is 8. The molecule has 0 spiro atoms. The summed E-state index contributed by atoms with van der Waals surface area (Å²) < 4.78 is 21.9. The SMILES string of the molecule is CC(C)(Oc1cc(N2CCCC(C(=O)N(Cc3ccc(Br)cc3)C3CC3)C2)ccc1F)C(=O)N1CCN(C(=O)O)CC1. The normalized spacial score (nSPS) is 19.4. The third-order valence-corrected chi connectivity index (χ3v) is 8.83. The monoisotopic (exact) mass is 644 g/mol. The van der Waals surface area contributed by atoms with Crippen molar-refractivity contribution in [2.75, 3.05) is 44.2 Å². The molecule has 42 heavy (non-hydrogen) atoms. The Kier molecular flexibility index (Phi) is 8.96. The standard InChI is InChI=1S/C31H38BrFN4O5/c1-31(2,29(39)34-14-16-35(17-15-34)30(40)41)42-27-18-25(11-12-26(27)33)36-13-3-4-22(20-36)28(38)37(24-9-10-24)19-21-5-7-23(32)8-6-21/h5-8,11-12,18,22,24H,3-4,9-10,13-17,19-20H2,1-2H3,(H,40,41). The first-order chi connectivity index (χ1) is 20.0. The van der Waals surface area contributed by atoms with Gasteiger partial charge in [0.25, 0.3) is 5.91 Å². The van der Waals surface area contributed by atoms with Gasteiger partial charge in [-0.25, -0.2) is 9.18 Å². The molecule has 1 unspecified atom stereocenters. The van der Waals surface area contributed by atoms with Gasteiger partial charge in [0.05, 0.1) is 5.92 Å². The van der Waals surface area contributed by atoms with Crippen molar-refractivity contribution in [1.82, 2.24) is 14.7 Å². The first kappa shape index (κ1) is 30.1. The van der Waals surface area contributed by atoms with Crippen molar-refractivity contribution < 1.29 is 28.6 Å². The number of amides is 3. The third-order valence-electron chi connectivity index (χ3n) is 8.31. The summed E-state index contributed by atoms with van der Waals surface area (Å²) in [5, 5.41) is 9.18. The number of nitrogens with zero attached hydrogens (tertiary/aromatic N) is 4. The second kappa shape index (κ2) is 12.5. The van der Waals surface area contributed by atoms with Gasteiger partial charge in [-0.2, -0.15) is 0 Å². The van der Waals surface area contributed by atoms with E-state index in [4.69, 9.17) is 4.74 Å². The number of halogens is 2. The minimum absolute atomic E-state index is 0.0293. The molecular formula is C31H38BrFN4O5. The number of hydrogen-bond acceptors (Lipinski definition) is 5. The Bertz CT molecular complexity index is 1310. The number of piperazine rings is 1. The van der Waals surface area contributed by atoms with Crippen molar-refractivity contribution >= 4 is 39.5 Å². The molecule has 3 amide bonds. The quantitative estimate of drug-likeness (QED) is 0.436. The average molecular weight is 646 g/mol. The lowest BCUT2D eigenvalue weighted by Gasteiger charge is -2.38. The molecule has 0 radical (unpaired) electrons. The number of hydrogen-bond donors (Lipinski definition) is 1. The Hall–Kier alpha value is -3.34. The van der Waals surface area contributed by atoms with Gasteiger partial charge in [-0.15, -0.1) is 0 Å². The van der Waals surface area contributed by atoms with Crippen molar-refractivity contribution in [2.24, 2.45) is 5.92 Å². The minimum Gasteiger partial charge on any atom is -0.475 e. The van der Waals surface area contributed by atoms with E-state index in [9.17, 15) is 23.9 Å². The number of benzene rings is 2. The third kappa shape index (κ3) is 6.99. The number of anilines is 1. The maximum absolute atomic E-state index is 14.9. The van der Waals surface area contributed by atoms with Crippen LogP contribution in [-0.4, -0.2) is 88.6 Å². The Labute approximate surface area is 254 Å². The molecular weight excluding hydrogens is 607 g/mol. The van der Waals surface area contributed by atoms with Gasteiger partial charge < -0.3 is 29.4 Å². The van der Waals surface area contributed by atoms with Crippen LogP contribution in [0.4, 0.5) is 14.9 Å². The van der Waals surface area contributed by atoms with Crippen molar-refractivity contribution in [3.63, 3.8) is 0 Å². The molecule has 3 aliphatic rings. The fraction of sp³-hybridized carbons (Fsp3) is 0.516. The molecule has 0 aromatic heterocycles. The zero-order chi connectivity index (χ0) is 30.0. The fourth-order valence-electron chi connectivity index (χ4n) is 5.77. The average Bonchev–Trinajstić information content (AvgIpc) is 3.83. The summed E-state index contributed by atoms with van der Waals surface area (Å²) in [5.74, 6) is -0.926. The molecule has 1 N–H and O–H groups in total. The van der Waals surface area contributed by atoms with E-state index in [2.05, 4.69) is 20.8 Å².